The van der Waals surface area contributed by atoms with Crippen molar-refractivity contribution < 1.29 is 22.8 Å². The number of hydrogen-bond donors (Lipinski definition) is 2. The Balaban J connectivity index is 1.98. The minimum Gasteiger partial charge on any atom is -0.344 e. The number of rotatable bonds is 4. The number of carbonyl (C=O) groups excluding carboxylic acids is 2. The first-order valence-electron chi connectivity index (χ1n) is 6.15. The number of amides is 2. The van der Waals surface area contributed by atoms with Crippen molar-refractivity contribution in [3.8, 4) is 0 Å². The minimum absolute atomic E-state index is 0.277. The van der Waals surface area contributed by atoms with Crippen LogP contribution in [0.3, 0.4) is 0 Å². The van der Waals surface area contributed by atoms with E-state index < -0.39 is 12.1 Å². The molecule has 1 heterocycles. The second-order valence-electron chi connectivity index (χ2n) is 4.31. The van der Waals surface area contributed by atoms with Crippen LogP contribution < -0.4 is 10.6 Å². The highest BCUT2D eigenvalue weighted by Crippen LogP contribution is 2.17. The van der Waals surface area contributed by atoms with Crippen molar-refractivity contribution in [2.45, 2.75) is 12.7 Å². The van der Waals surface area contributed by atoms with Crippen LogP contribution in [0.4, 0.5) is 18.9 Å². The number of nitrogens with one attached hydrogen (secondary N) is 2. The highest BCUT2D eigenvalue weighted by molar-refractivity contribution is 7.12. The summed E-state index contributed by atoms with van der Waals surface area (Å²) >= 11 is 1.28. The Kier molecular flexibility index (Phi) is 4.81. The standard InChI is InChI=1S/C14H11F3N2O2S/c15-14(16,17)13(21)18-8-9-3-1-4-10(7-9)19-12(20)11-5-2-6-22-11/h1-7H,8H2,(H,18,21)(H,19,20). The van der Waals surface area contributed by atoms with Gasteiger partial charge in [0, 0.05) is 12.2 Å². The minimum atomic E-state index is -4.91. The molecular weight excluding hydrogens is 317 g/mol. The van der Waals surface area contributed by atoms with Crippen LogP contribution in [0.15, 0.2) is 41.8 Å². The molecule has 0 saturated heterocycles. The van der Waals surface area contributed by atoms with Gasteiger partial charge in [0.25, 0.3) is 5.91 Å². The van der Waals surface area contributed by atoms with Crippen molar-refractivity contribution in [1.29, 1.82) is 0 Å². The molecule has 1 aromatic carbocycles. The van der Waals surface area contributed by atoms with E-state index in [2.05, 4.69) is 5.32 Å². The highest BCUT2D eigenvalue weighted by atomic mass is 32.1. The molecule has 2 N–H and O–H groups in total. The quantitative estimate of drug-likeness (QED) is 0.906. The fourth-order valence-corrected chi connectivity index (χ4v) is 2.26. The summed E-state index contributed by atoms with van der Waals surface area (Å²) in [5.41, 5.74) is 0.888. The summed E-state index contributed by atoms with van der Waals surface area (Å²) in [5.74, 6) is -2.30. The van der Waals surface area contributed by atoms with Crippen molar-refractivity contribution in [3.05, 3.63) is 52.2 Å². The van der Waals surface area contributed by atoms with E-state index in [0.29, 0.717) is 16.1 Å². The number of benzene rings is 1. The third-order valence-corrected chi connectivity index (χ3v) is 3.51. The molecule has 22 heavy (non-hydrogen) atoms. The highest BCUT2D eigenvalue weighted by Gasteiger charge is 2.38. The van der Waals surface area contributed by atoms with Crippen LogP contribution in [0.25, 0.3) is 0 Å². The lowest BCUT2D eigenvalue weighted by Crippen LogP contribution is -2.36. The van der Waals surface area contributed by atoms with E-state index in [1.165, 1.54) is 17.4 Å². The molecule has 0 fully saturated rings. The van der Waals surface area contributed by atoms with Gasteiger partial charge in [-0.3, -0.25) is 9.59 Å². The van der Waals surface area contributed by atoms with Crippen LogP contribution in [-0.2, 0) is 11.3 Å². The largest absolute Gasteiger partial charge is 0.471 e. The van der Waals surface area contributed by atoms with E-state index in [-0.39, 0.29) is 12.5 Å². The number of alkyl halides is 3. The summed E-state index contributed by atoms with van der Waals surface area (Å²) in [6, 6.07) is 9.65. The predicted molar refractivity (Wildman–Crippen MR) is 76.6 cm³/mol. The van der Waals surface area contributed by atoms with Gasteiger partial charge in [0.05, 0.1) is 4.88 Å². The number of anilines is 1. The van der Waals surface area contributed by atoms with Gasteiger partial charge in [-0.05, 0) is 29.1 Å². The Hall–Kier alpha value is -2.35. The van der Waals surface area contributed by atoms with Crippen molar-refractivity contribution in [2.75, 3.05) is 5.32 Å². The zero-order chi connectivity index (χ0) is 16.2. The van der Waals surface area contributed by atoms with Crippen molar-refractivity contribution in [3.63, 3.8) is 0 Å². The van der Waals surface area contributed by atoms with E-state index in [0.717, 1.165) is 0 Å². The second-order valence-corrected chi connectivity index (χ2v) is 5.26. The van der Waals surface area contributed by atoms with E-state index in [1.54, 1.807) is 41.0 Å². The van der Waals surface area contributed by atoms with Gasteiger partial charge >= 0.3 is 12.1 Å². The summed E-state index contributed by atoms with van der Waals surface area (Å²) in [7, 11) is 0. The first-order valence-corrected chi connectivity index (χ1v) is 7.03. The van der Waals surface area contributed by atoms with E-state index in [9.17, 15) is 22.8 Å². The van der Waals surface area contributed by atoms with Crippen molar-refractivity contribution in [2.24, 2.45) is 0 Å². The average molecular weight is 328 g/mol. The van der Waals surface area contributed by atoms with Crippen molar-refractivity contribution in [1.82, 2.24) is 5.32 Å². The van der Waals surface area contributed by atoms with Crippen LogP contribution in [0.1, 0.15) is 15.2 Å². The molecule has 2 rings (SSSR count). The van der Waals surface area contributed by atoms with Crippen LogP contribution >= 0.6 is 11.3 Å². The van der Waals surface area contributed by atoms with Crippen molar-refractivity contribution >= 4 is 28.8 Å². The molecule has 2 aromatic rings. The van der Waals surface area contributed by atoms with Crippen LogP contribution in [0.2, 0.25) is 0 Å². The molecule has 0 spiro atoms. The summed E-state index contributed by atoms with van der Waals surface area (Å²) < 4.78 is 36.3. The molecule has 0 bridgehead atoms. The fourth-order valence-electron chi connectivity index (χ4n) is 1.64. The third-order valence-electron chi connectivity index (χ3n) is 2.64. The lowest BCUT2D eigenvalue weighted by Gasteiger charge is -2.09. The molecule has 2 amide bonds. The normalized spacial score (nSPS) is 11.0. The van der Waals surface area contributed by atoms with Gasteiger partial charge < -0.3 is 10.6 Å². The van der Waals surface area contributed by atoms with Gasteiger partial charge in [0.15, 0.2) is 0 Å². The first kappa shape index (κ1) is 16.0. The van der Waals surface area contributed by atoms with Gasteiger partial charge in [-0.15, -0.1) is 11.3 Å². The van der Waals surface area contributed by atoms with Gasteiger partial charge in [0.1, 0.15) is 0 Å². The molecule has 0 aliphatic heterocycles. The molecule has 0 saturated carbocycles. The maximum Gasteiger partial charge on any atom is 0.471 e. The van der Waals surface area contributed by atoms with Gasteiger partial charge in [0.2, 0.25) is 0 Å². The monoisotopic (exact) mass is 328 g/mol. The third kappa shape index (κ3) is 4.32. The van der Waals surface area contributed by atoms with Crippen LogP contribution in [0.5, 0.6) is 0 Å². The zero-order valence-electron chi connectivity index (χ0n) is 11.1. The summed E-state index contributed by atoms with van der Waals surface area (Å²) in [6.45, 7) is -0.277. The maximum atomic E-state index is 12.1. The van der Waals surface area contributed by atoms with Gasteiger partial charge in [-0.1, -0.05) is 18.2 Å². The average Bonchev–Trinajstić information content (AvgIpc) is 2.98. The summed E-state index contributed by atoms with van der Waals surface area (Å²) in [4.78, 5) is 23.1. The molecule has 0 unspecified atom stereocenters. The Bertz CT molecular complexity index is 669. The molecule has 1 aromatic heterocycles. The smallest absolute Gasteiger partial charge is 0.344 e. The molecule has 0 atom stereocenters. The number of carbonyl (C=O) groups is 2. The topological polar surface area (TPSA) is 58.2 Å². The number of halogens is 3. The molecular formula is C14H11F3N2O2S. The van der Waals surface area contributed by atoms with Gasteiger partial charge in [-0.2, -0.15) is 13.2 Å². The molecule has 4 nitrogen and oxygen atoms in total. The predicted octanol–water partition coefficient (Wildman–Crippen LogP) is 3.18. The van der Waals surface area contributed by atoms with Crippen LogP contribution in [-0.4, -0.2) is 18.0 Å². The molecule has 0 aliphatic carbocycles. The SMILES string of the molecule is O=C(Nc1cccc(CNC(=O)C(F)(F)F)c1)c1cccs1. The first-order chi connectivity index (χ1) is 10.4. The fraction of sp³-hybridized carbons (Fsp3) is 0.143. The lowest BCUT2D eigenvalue weighted by atomic mass is 10.2. The zero-order valence-corrected chi connectivity index (χ0v) is 11.9. The lowest BCUT2D eigenvalue weighted by molar-refractivity contribution is -0.173. The second kappa shape index (κ2) is 6.61. The van der Waals surface area contributed by atoms with E-state index in [1.807, 2.05) is 0 Å². The Morgan fingerprint density at radius 1 is 1.14 bits per heavy atom. The van der Waals surface area contributed by atoms with E-state index in [4.69, 9.17) is 0 Å². The Labute approximate surface area is 128 Å². The Morgan fingerprint density at radius 2 is 1.91 bits per heavy atom. The Morgan fingerprint density at radius 3 is 2.55 bits per heavy atom. The summed E-state index contributed by atoms with van der Waals surface area (Å²) in [5, 5.41) is 6.17. The van der Waals surface area contributed by atoms with Crippen LogP contribution in [0, 0.1) is 0 Å². The maximum absolute atomic E-state index is 12.1. The summed E-state index contributed by atoms with van der Waals surface area (Å²) in [6.07, 6.45) is -4.91. The van der Waals surface area contributed by atoms with E-state index >= 15 is 0 Å². The molecule has 0 radical (unpaired) electrons. The molecule has 8 heteroatoms. The number of thiophene rings is 1. The molecule has 116 valence electrons. The molecule has 0 aliphatic rings. The van der Waals surface area contributed by atoms with Gasteiger partial charge in [-0.25, -0.2) is 0 Å². The number of hydrogen-bond acceptors (Lipinski definition) is 3.